The van der Waals surface area contributed by atoms with Crippen molar-refractivity contribution in [3.8, 4) is 5.75 Å². The van der Waals surface area contributed by atoms with Gasteiger partial charge in [0.2, 0.25) is 5.91 Å². The van der Waals surface area contributed by atoms with E-state index in [4.69, 9.17) is 4.74 Å². The van der Waals surface area contributed by atoms with Crippen molar-refractivity contribution >= 4 is 23.4 Å². The molecule has 8 heteroatoms. The standard InChI is InChI=1S/C25H30N4O4/c1-33-22-10-5-4-9-21(22)28-17-15-27(16-18-28)14-12-26-23(30)11-6-13-29-24(31)19-7-2-3-8-20(19)25(29)32/h2-5,7-10H,6,11-18H2,1H3,(H,26,30). The Morgan fingerprint density at radius 1 is 0.909 bits per heavy atom. The smallest absolute Gasteiger partial charge is 0.261 e. The third kappa shape index (κ3) is 5.17. The molecule has 174 valence electrons. The molecular formula is C25H30N4O4. The van der Waals surface area contributed by atoms with Gasteiger partial charge in [0.1, 0.15) is 5.75 Å². The number of hydrogen-bond acceptors (Lipinski definition) is 6. The van der Waals surface area contributed by atoms with Crippen molar-refractivity contribution in [3.05, 3.63) is 59.7 Å². The quantitative estimate of drug-likeness (QED) is 0.589. The topological polar surface area (TPSA) is 82.2 Å². The molecule has 1 saturated heterocycles. The number of ether oxygens (including phenoxy) is 1. The fourth-order valence-corrected chi connectivity index (χ4v) is 4.39. The maximum atomic E-state index is 12.4. The number of carbonyl (C=O) groups excluding carboxylic acids is 3. The Kier molecular flexibility index (Phi) is 7.24. The minimum absolute atomic E-state index is 0.0562. The molecule has 1 N–H and O–H groups in total. The second-order valence-corrected chi connectivity index (χ2v) is 8.26. The fourth-order valence-electron chi connectivity index (χ4n) is 4.39. The highest BCUT2D eigenvalue weighted by atomic mass is 16.5. The second kappa shape index (κ2) is 10.5. The summed E-state index contributed by atoms with van der Waals surface area (Å²) in [5.74, 6) is 0.283. The zero-order valence-corrected chi connectivity index (χ0v) is 19.0. The van der Waals surface area contributed by atoms with Crippen LogP contribution in [0.15, 0.2) is 48.5 Å². The van der Waals surface area contributed by atoms with Crippen molar-refractivity contribution in [2.45, 2.75) is 12.8 Å². The third-order valence-corrected chi connectivity index (χ3v) is 6.21. The SMILES string of the molecule is COc1ccccc1N1CCN(CCNC(=O)CCCN2C(=O)c3ccccc3C2=O)CC1. The van der Waals surface area contributed by atoms with Gasteiger partial charge in [0.15, 0.2) is 0 Å². The van der Waals surface area contributed by atoms with Crippen molar-refractivity contribution < 1.29 is 19.1 Å². The number of imide groups is 1. The monoisotopic (exact) mass is 450 g/mol. The van der Waals surface area contributed by atoms with Crippen molar-refractivity contribution in [1.82, 2.24) is 15.1 Å². The zero-order valence-electron chi connectivity index (χ0n) is 19.0. The van der Waals surface area contributed by atoms with Gasteiger partial charge in [-0.25, -0.2) is 0 Å². The Morgan fingerprint density at radius 2 is 1.55 bits per heavy atom. The molecular weight excluding hydrogens is 420 g/mol. The highest BCUT2D eigenvalue weighted by Gasteiger charge is 2.34. The average molecular weight is 451 g/mol. The van der Waals surface area contributed by atoms with E-state index < -0.39 is 0 Å². The van der Waals surface area contributed by atoms with Crippen molar-refractivity contribution in [2.75, 3.05) is 57.8 Å². The Bertz CT molecular complexity index is 982. The van der Waals surface area contributed by atoms with Gasteiger partial charge < -0.3 is 15.0 Å². The molecule has 0 aliphatic carbocycles. The highest BCUT2D eigenvalue weighted by Crippen LogP contribution is 2.28. The number of fused-ring (bicyclic) bond motifs is 1. The lowest BCUT2D eigenvalue weighted by atomic mass is 10.1. The minimum atomic E-state index is -0.275. The lowest BCUT2D eigenvalue weighted by molar-refractivity contribution is -0.121. The maximum absolute atomic E-state index is 12.4. The second-order valence-electron chi connectivity index (χ2n) is 8.26. The largest absolute Gasteiger partial charge is 0.495 e. The number of para-hydroxylation sites is 2. The Hall–Kier alpha value is -3.39. The van der Waals surface area contributed by atoms with Crippen LogP contribution < -0.4 is 15.0 Å². The van der Waals surface area contributed by atoms with Crippen molar-refractivity contribution in [1.29, 1.82) is 0 Å². The average Bonchev–Trinajstić information content (AvgIpc) is 3.09. The van der Waals surface area contributed by atoms with Crippen molar-refractivity contribution in [3.63, 3.8) is 0 Å². The van der Waals surface area contributed by atoms with E-state index in [1.54, 1.807) is 31.4 Å². The van der Waals surface area contributed by atoms with Crippen LogP contribution in [0.3, 0.4) is 0 Å². The number of nitrogens with zero attached hydrogens (tertiary/aromatic N) is 3. The summed E-state index contributed by atoms with van der Waals surface area (Å²) in [5.41, 5.74) is 2.00. The number of carbonyl (C=O) groups is 3. The molecule has 0 aromatic heterocycles. The summed E-state index contributed by atoms with van der Waals surface area (Å²) in [7, 11) is 1.69. The number of piperazine rings is 1. The van der Waals surface area contributed by atoms with Crippen LogP contribution in [0.4, 0.5) is 5.69 Å². The summed E-state index contributed by atoms with van der Waals surface area (Å²) in [6, 6.07) is 14.9. The Morgan fingerprint density at radius 3 is 2.21 bits per heavy atom. The van der Waals surface area contributed by atoms with Gasteiger partial charge in [0, 0.05) is 52.2 Å². The maximum Gasteiger partial charge on any atom is 0.261 e. The predicted octanol–water partition coefficient (Wildman–Crippen LogP) is 2.01. The first-order valence-electron chi connectivity index (χ1n) is 11.4. The number of anilines is 1. The van der Waals surface area contributed by atoms with Crippen LogP contribution in [0.5, 0.6) is 5.75 Å². The summed E-state index contributed by atoms with van der Waals surface area (Å²) in [4.78, 5) is 42.8. The van der Waals surface area contributed by atoms with E-state index in [0.29, 0.717) is 24.1 Å². The van der Waals surface area contributed by atoms with Gasteiger partial charge in [0.25, 0.3) is 11.8 Å². The van der Waals surface area contributed by atoms with E-state index in [0.717, 1.165) is 44.2 Å². The van der Waals surface area contributed by atoms with E-state index in [-0.39, 0.29) is 30.7 Å². The normalized spacial score (nSPS) is 16.2. The molecule has 2 heterocycles. The summed E-state index contributed by atoms with van der Waals surface area (Å²) >= 11 is 0. The first-order chi connectivity index (χ1) is 16.1. The van der Waals surface area contributed by atoms with Gasteiger partial charge in [-0.3, -0.25) is 24.2 Å². The van der Waals surface area contributed by atoms with E-state index in [1.165, 1.54) is 4.90 Å². The molecule has 0 bridgehead atoms. The molecule has 0 spiro atoms. The van der Waals surface area contributed by atoms with Crippen LogP contribution in [-0.4, -0.2) is 80.4 Å². The van der Waals surface area contributed by atoms with Crippen LogP contribution >= 0.6 is 0 Å². The molecule has 0 unspecified atom stereocenters. The molecule has 0 radical (unpaired) electrons. The van der Waals surface area contributed by atoms with Gasteiger partial charge in [-0.2, -0.15) is 0 Å². The fraction of sp³-hybridized carbons (Fsp3) is 0.400. The lowest BCUT2D eigenvalue weighted by Gasteiger charge is -2.36. The molecule has 0 atom stereocenters. The summed E-state index contributed by atoms with van der Waals surface area (Å²) in [5, 5.41) is 2.95. The minimum Gasteiger partial charge on any atom is -0.495 e. The van der Waals surface area contributed by atoms with Crippen molar-refractivity contribution in [2.24, 2.45) is 0 Å². The molecule has 33 heavy (non-hydrogen) atoms. The number of amides is 3. The highest BCUT2D eigenvalue weighted by molar-refractivity contribution is 6.21. The molecule has 8 nitrogen and oxygen atoms in total. The third-order valence-electron chi connectivity index (χ3n) is 6.21. The van der Waals surface area contributed by atoms with Crippen LogP contribution in [0.1, 0.15) is 33.6 Å². The van der Waals surface area contributed by atoms with E-state index in [9.17, 15) is 14.4 Å². The van der Waals surface area contributed by atoms with Gasteiger partial charge in [-0.15, -0.1) is 0 Å². The molecule has 2 aromatic carbocycles. The predicted molar refractivity (Wildman–Crippen MR) is 126 cm³/mol. The number of methoxy groups -OCH3 is 1. The molecule has 2 aliphatic rings. The van der Waals surface area contributed by atoms with Crippen LogP contribution in [0, 0.1) is 0 Å². The van der Waals surface area contributed by atoms with Gasteiger partial charge in [-0.1, -0.05) is 24.3 Å². The molecule has 4 rings (SSSR count). The molecule has 3 amide bonds. The lowest BCUT2D eigenvalue weighted by Crippen LogP contribution is -2.48. The van der Waals surface area contributed by atoms with Crippen LogP contribution in [0.2, 0.25) is 0 Å². The Labute approximate surface area is 194 Å². The Balaban J connectivity index is 1.13. The number of hydrogen-bond donors (Lipinski definition) is 1. The first kappa shape index (κ1) is 22.8. The summed E-state index contributed by atoms with van der Waals surface area (Å²) in [6.45, 7) is 5.31. The van der Waals surface area contributed by atoms with Gasteiger partial charge in [0.05, 0.1) is 23.9 Å². The summed E-state index contributed by atoms with van der Waals surface area (Å²) < 4.78 is 5.47. The van der Waals surface area contributed by atoms with Crippen LogP contribution in [0.25, 0.3) is 0 Å². The van der Waals surface area contributed by atoms with E-state index in [2.05, 4.69) is 21.2 Å². The molecule has 0 saturated carbocycles. The van der Waals surface area contributed by atoms with Gasteiger partial charge >= 0.3 is 0 Å². The van der Waals surface area contributed by atoms with Gasteiger partial charge in [-0.05, 0) is 30.7 Å². The number of benzene rings is 2. The first-order valence-corrected chi connectivity index (χ1v) is 11.4. The molecule has 2 aliphatic heterocycles. The van der Waals surface area contributed by atoms with Crippen LogP contribution in [-0.2, 0) is 4.79 Å². The number of nitrogens with one attached hydrogen (secondary N) is 1. The summed E-state index contributed by atoms with van der Waals surface area (Å²) in [6.07, 6.45) is 0.740. The van der Waals surface area contributed by atoms with E-state index in [1.807, 2.05) is 18.2 Å². The van der Waals surface area contributed by atoms with E-state index >= 15 is 0 Å². The molecule has 2 aromatic rings. The number of rotatable bonds is 9. The zero-order chi connectivity index (χ0) is 23.2. The molecule has 1 fully saturated rings.